The summed E-state index contributed by atoms with van der Waals surface area (Å²) in [6.45, 7) is 5.79. The maximum absolute atomic E-state index is 12.6. The fraction of sp³-hybridized carbons (Fsp3) is 0.333. The van der Waals surface area contributed by atoms with Crippen LogP contribution in [0, 0.1) is 0 Å². The van der Waals surface area contributed by atoms with E-state index in [4.69, 9.17) is 0 Å². The van der Waals surface area contributed by atoms with Gasteiger partial charge in [0.2, 0.25) is 0 Å². The molecule has 118 valence electrons. The van der Waals surface area contributed by atoms with Crippen LogP contribution in [-0.4, -0.2) is 38.4 Å². The van der Waals surface area contributed by atoms with Crippen molar-refractivity contribution in [3.8, 4) is 0 Å². The fourth-order valence-corrected chi connectivity index (χ4v) is 3.25. The van der Waals surface area contributed by atoms with Crippen LogP contribution < -0.4 is 0 Å². The summed E-state index contributed by atoms with van der Waals surface area (Å²) in [5.74, 6) is 1.59. The van der Waals surface area contributed by atoms with Gasteiger partial charge >= 0.3 is 0 Å². The molecule has 0 unspecified atom stereocenters. The molecule has 0 bridgehead atoms. The Labute approximate surface area is 134 Å². The van der Waals surface area contributed by atoms with Crippen molar-refractivity contribution in [2.75, 3.05) is 13.1 Å². The second-order valence-electron chi connectivity index (χ2n) is 6.49. The van der Waals surface area contributed by atoms with Crippen LogP contribution >= 0.6 is 0 Å². The van der Waals surface area contributed by atoms with Crippen molar-refractivity contribution in [2.24, 2.45) is 0 Å². The van der Waals surface area contributed by atoms with Crippen molar-refractivity contribution in [1.82, 2.24) is 19.4 Å². The van der Waals surface area contributed by atoms with Crippen LogP contribution in [0.4, 0.5) is 0 Å². The van der Waals surface area contributed by atoms with Crippen molar-refractivity contribution >= 4 is 16.8 Å². The summed E-state index contributed by atoms with van der Waals surface area (Å²) in [6, 6.07) is 8.15. The number of likely N-dealkylation sites (tertiary alicyclic amines) is 1. The molecular weight excluding hydrogens is 288 g/mol. The minimum atomic E-state index is 0.107. The molecule has 1 saturated heterocycles. The highest BCUT2D eigenvalue weighted by molar-refractivity contribution is 5.98. The summed E-state index contributed by atoms with van der Waals surface area (Å²) in [5.41, 5.74) is 1.81. The molecule has 4 rings (SSSR count). The van der Waals surface area contributed by atoms with Crippen LogP contribution in [0.1, 0.15) is 42.0 Å². The standard InChI is InChI=1S/C18H20N4O/c1-12(2)17-20-7-8-22(17)15-10-21(11-15)18(23)14-3-4-16-13(9-14)5-6-19-16/h3-9,12,15,19H,10-11H2,1-2H3. The molecule has 1 aliphatic rings. The molecule has 0 saturated carbocycles. The summed E-state index contributed by atoms with van der Waals surface area (Å²) in [4.78, 5) is 22.1. The maximum atomic E-state index is 12.6. The minimum Gasteiger partial charge on any atom is -0.361 e. The van der Waals surface area contributed by atoms with Gasteiger partial charge in [0.25, 0.3) is 5.91 Å². The predicted molar refractivity (Wildman–Crippen MR) is 89.6 cm³/mol. The SMILES string of the molecule is CC(C)c1nccn1C1CN(C(=O)c2ccc3[nH]ccc3c2)C1. The van der Waals surface area contributed by atoms with E-state index < -0.39 is 0 Å². The Kier molecular flexibility index (Phi) is 3.22. The number of benzene rings is 1. The first-order chi connectivity index (χ1) is 11.1. The van der Waals surface area contributed by atoms with Crippen LogP contribution in [0.5, 0.6) is 0 Å². The summed E-state index contributed by atoms with van der Waals surface area (Å²) < 4.78 is 2.21. The molecule has 0 spiro atoms. The van der Waals surface area contributed by atoms with Gasteiger partial charge in [-0.1, -0.05) is 13.8 Å². The molecule has 1 fully saturated rings. The van der Waals surface area contributed by atoms with E-state index in [2.05, 4.69) is 28.4 Å². The van der Waals surface area contributed by atoms with Crippen molar-refractivity contribution < 1.29 is 4.79 Å². The van der Waals surface area contributed by atoms with Gasteiger partial charge in [0, 0.05) is 54.1 Å². The third kappa shape index (κ3) is 2.32. The first-order valence-electron chi connectivity index (χ1n) is 8.02. The molecule has 0 aliphatic carbocycles. The van der Waals surface area contributed by atoms with Crippen molar-refractivity contribution in [1.29, 1.82) is 0 Å². The number of rotatable bonds is 3. The van der Waals surface area contributed by atoms with Crippen LogP contribution in [0.3, 0.4) is 0 Å². The quantitative estimate of drug-likeness (QED) is 0.808. The highest BCUT2D eigenvalue weighted by Gasteiger charge is 2.33. The molecule has 3 heterocycles. The van der Waals surface area contributed by atoms with Crippen molar-refractivity contribution in [3.05, 3.63) is 54.2 Å². The molecule has 1 aliphatic heterocycles. The smallest absolute Gasteiger partial charge is 0.254 e. The lowest BCUT2D eigenvalue weighted by molar-refractivity contribution is 0.0515. The van der Waals surface area contributed by atoms with E-state index in [0.29, 0.717) is 12.0 Å². The Morgan fingerprint density at radius 1 is 1.30 bits per heavy atom. The Morgan fingerprint density at radius 2 is 2.13 bits per heavy atom. The van der Waals surface area contributed by atoms with Crippen LogP contribution in [0.25, 0.3) is 10.9 Å². The largest absolute Gasteiger partial charge is 0.361 e. The number of aromatic nitrogens is 3. The Hall–Kier alpha value is -2.56. The lowest BCUT2D eigenvalue weighted by Crippen LogP contribution is -2.51. The number of H-pyrrole nitrogens is 1. The van der Waals surface area contributed by atoms with Gasteiger partial charge in [-0.2, -0.15) is 0 Å². The normalized spacial score (nSPS) is 15.3. The summed E-state index contributed by atoms with van der Waals surface area (Å²) in [5, 5.41) is 1.07. The van der Waals surface area contributed by atoms with Gasteiger partial charge < -0.3 is 14.5 Å². The average Bonchev–Trinajstić information content (AvgIpc) is 3.13. The van der Waals surface area contributed by atoms with E-state index in [-0.39, 0.29) is 5.91 Å². The number of imidazole rings is 1. The monoisotopic (exact) mass is 308 g/mol. The third-order valence-corrected chi connectivity index (χ3v) is 4.56. The summed E-state index contributed by atoms with van der Waals surface area (Å²) in [7, 11) is 0. The number of carbonyl (C=O) groups excluding carboxylic acids is 1. The molecule has 2 aromatic heterocycles. The zero-order chi connectivity index (χ0) is 16.0. The number of hydrogen-bond acceptors (Lipinski definition) is 2. The third-order valence-electron chi connectivity index (χ3n) is 4.56. The summed E-state index contributed by atoms with van der Waals surface area (Å²) >= 11 is 0. The molecule has 0 radical (unpaired) electrons. The number of aromatic amines is 1. The molecule has 1 N–H and O–H groups in total. The van der Waals surface area contributed by atoms with E-state index in [1.807, 2.05) is 47.8 Å². The van der Waals surface area contributed by atoms with Gasteiger partial charge in [-0.05, 0) is 24.3 Å². The van der Waals surface area contributed by atoms with Crippen LogP contribution in [0.2, 0.25) is 0 Å². The Balaban J connectivity index is 1.48. The molecule has 0 atom stereocenters. The first kappa shape index (κ1) is 14.1. The number of amides is 1. The van der Waals surface area contributed by atoms with Gasteiger partial charge in [0.05, 0.1) is 6.04 Å². The lowest BCUT2D eigenvalue weighted by atomic mass is 10.0. The zero-order valence-electron chi connectivity index (χ0n) is 13.4. The fourth-order valence-electron chi connectivity index (χ4n) is 3.25. The molecule has 1 amide bonds. The minimum absolute atomic E-state index is 0.107. The van der Waals surface area contributed by atoms with Gasteiger partial charge in [-0.3, -0.25) is 4.79 Å². The molecule has 23 heavy (non-hydrogen) atoms. The topological polar surface area (TPSA) is 53.9 Å². The van der Waals surface area contributed by atoms with E-state index in [9.17, 15) is 4.79 Å². The predicted octanol–water partition coefficient (Wildman–Crippen LogP) is 3.18. The van der Waals surface area contributed by atoms with E-state index in [0.717, 1.165) is 35.4 Å². The van der Waals surface area contributed by atoms with Gasteiger partial charge in [0.1, 0.15) is 5.82 Å². The second-order valence-corrected chi connectivity index (χ2v) is 6.49. The lowest BCUT2D eigenvalue weighted by Gasteiger charge is -2.40. The number of carbonyl (C=O) groups is 1. The maximum Gasteiger partial charge on any atom is 0.254 e. The number of hydrogen-bond donors (Lipinski definition) is 1. The molecular formula is C18H20N4O. The van der Waals surface area contributed by atoms with E-state index in [1.165, 1.54) is 0 Å². The Bertz CT molecular complexity index is 855. The van der Waals surface area contributed by atoms with Crippen molar-refractivity contribution in [3.63, 3.8) is 0 Å². The van der Waals surface area contributed by atoms with Crippen molar-refractivity contribution in [2.45, 2.75) is 25.8 Å². The molecule has 3 aromatic rings. The zero-order valence-corrected chi connectivity index (χ0v) is 13.4. The second kappa shape index (κ2) is 5.26. The Morgan fingerprint density at radius 3 is 2.91 bits per heavy atom. The summed E-state index contributed by atoms with van der Waals surface area (Å²) in [6.07, 6.45) is 5.76. The van der Waals surface area contributed by atoms with Crippen LogP contribution in [0.15, 0.2) is 42.9 Å². The number of nitrogens with zero attached hydrogens (tertiary/aromatic N) is 3. The van der Waals surface area contributed by atoms with Crippen LogP contribution in [-0.2, 0) is 0 Å². The van der Waals surface area contributed by atoms with Gasteiger partial charge in [-0.25, -0.2) is 4.98 Å². The average molecular weight is 308 g/mol. The first-order valence-corrected chi connectivity index (χ1v) is 8.02. The number of fused-ring (bicyclic) bond motifs is 1. The molecule has 5 heteroatoms. The molecule has 1 aromatic carbocycles. The number of nitrogens with one attached hydrogen (secondary N) is 1. The van der Waals surface area contributed by atoms with Gasteiger partial charge in [0.15, 0.2) is 0 Å². The van der Waals surface area contributed by atoms with E-state index in [1.54, 1.807) is 0 Å². The highest BCUT2D eigenvalue weighted by Crippen LogP contribution is 2.27. The highest BCUT2D eigenvalue weighted by atomic mass is 16.2. The molecule has 5 nitrogen and oxygen atoms in total. The van der Waals surface area contributed by atoms with Gasteiger partial charge in [-0.15, -0.1) is 0 Å². The van der Waals surface area contributed by atoms with E-state index >= 15 is 0 Å².